The third-order valence-corrected chi connectivity index (χ3v) is 3.35. The highest BCUT2D eigenvalue weighted by Crippen LogP contribution is 2.15. The van der Waals surface area contributed by atoms with Crippen LogP contribution in [0.1, 0.15) is 33.1 Å². The first-order chi connectivity index (χ1) is 7.15. The molecular formula is C12H25ClN2O. The summed E-state index contributed by atoms with van der Waals surface area (Å²) in [5, 5.41) is 3.29. The van der Waals surface area contributed by atoms with Gasteiger partial charge in [0.2, 0.25) is 5.91 Å². The Bertz CT molecular complexity index is 205. The highest BCUT2D eigenvalue weighted by Gasteiger charge is 2.24. The van der Waals surface area contributed by atoms with Crippen molar-refractivity contribution in [3.8, 4) is 0 Å². The molecule has 1 N–H and O–H groups in total. The van der Waals surface area contributed by atoms with Crippen LogP contribution in [0.4, 0.5) is 0 Å². The Morgan fingerprint density at radius 3 is 2.50 bits per heavy atom. The Morgan fingerprint density at radius 1 is 1.44 bits per heavy atom. The van der Waals surface area contributed by atoms with Crippen molar-refractivity contribution in [2.75, 3.05) is 26.7 Å². The summed E-state index contributed by atoms with van der Waals surface area (Å²) in [6.45, 7) is 7.26. The minimum atomic E-state index is 0. The predicted octanol–water partition coefficient (Wildman–Crippen LogP) is 1.91. The maximum atomic E-state index is 12.0. The van der Waals surface area contributed by atoms with Gasteiger partial charge in [-0.05, 0) is 31.8 Å². The van der Waals surface area contributed by atoms with Crippen molar-refractivity contribution in [1.82, 2.24) is 10.2 Å². The lowest BCUT2D eigenvalue weighted by atomic mass is 9.96. The van der Waals surface area contributed by atoms with Crippen LogP contribution in [0, 0.1) is 11.8 Å². The number of carbonyl (C=O) groups is 1. The molecule has 4 heteroatoms. The van der Waals surface area contributed by atoms with Crippen LogP contribution in [-0.2, 0) is 4.79 Å². The van der Waals surface area contributed by atoms with Gasteiger partial charge in [-0.15, -0.1) is 12.4 Å². The molecule has 1 saturated heterocycles. The summed E-state index contributed by atoms with van der Waals surface area (Å²) in [6.07, 6.45) is 3.15. The Morgan fingerprint density at radius 2 is 2.00 bits per heavy atom. The second-order valence-corrected chi connectivity index (χ2v) is 4.76. The lowest BCUT2D eigenvalue weighted by Crippen LogP contribution is -2.40. The molecule has 1 aliphatic rings. The van der Waals surface area contributed by atoms with Gasteiger partial charge in [-0.1, -0.05) is 20.3 Å². The number of carbonyl (C=O) groups excluding carboxylic acids is 1. The topological polar surface area (TPSA) is 32.3 Å². The maximum Gasteiger partial charge on any atom is 0.225 e. The van der Waals surface area contributed by atoms with Crippen LogP contribution in [0.3, 0.4) is 0 Å². The average molecular weight is 249 g/mol. The van der Waals surface area contributed by atoms with E-state index in [0.717, 1.165) is 38.9 Å². The highest BCUT2D eigenvalue weighted by atomic mass is 35.5. The smallest absolute Gasteiger partial charge is 0.225 e. The monoisotopic (exact) mass is 248 g/mol. The van der Waals surface area contributed by atoms with E-state index in [2.05, 4.69) is 19.2 Å². The van der Waals surface area contributed by atoms with E-state index in [-0.39, 0.29) is 18.3 Å². The van der Waals surface area contributed by atoms with Gasteiger partial charge in [0.15, 0.2) is 0 Å². The van der Waals surface area contributed by atoms with E-state index in [1.165, 1.54) is 0 Å². The predicted molar refractivity (Wildman–Crippen MR) is 69.9 cm³/mol. The van der Waals surface area contributed by atoms with Crippen LogP contribution < -0.4 is 5.32 Å². The summed E-state index contributed by atoms with van der Waals surface area (Å²) in [4.78, 5) is 14.0. The third-order valence-electron chi connectivity index (χ3n) is 3.35. The summed E-state index contributed by atoms with van der Waals surface area (Å²) in [5.74, 6) is 1.22. The number of rotatable bonds is 4. The minimum Gasteiger partial charge on any atom is -0.345 e. The maximum absolute atomic E-state index is 12.0. The van der Waals surface area contributed by atoms with Gasteiger partial charge in [-0.2, -0.15) is 0 Å². The van der Waals surface area contributed by atoms with Gasteiger partial charge in [0.1, 0.15) is 0 Å². The van der Waals surface area contributed by atoms with Crippen molar-refractivity contribution in [2.45, 2.75) is 33.1 Å². The zero-order valence-electron chi connectivity index (χ0n) is 10.7. The molecule has 0 spiro atoms. The summed E-state index contributed by atoms with van der Waals surface area (Å²) >= 11 is 0. The molecular weight excluding hydrogens is 224 g/mol. The second-order valence-electron chi connectivity index (χ2n) is 4.76. The van der Waals surface area contributed by atoms with Gasteiger partial charge in [0.05, 0.1) is 0 Å². The summed E-state index contributed by atoms with van der Waals surface area (Å²) in [7, 11) is 1.94. The molecule has 0 aromatic rings. The van der Waals surface area contributed by atoms with Gasteiger partial charge >= 0.3 is 0 Å². The first-order valence-corrected chi connectivity index (χ1v) is 6.10. The number of amides is 1. The highest BCUT2D eigenvalue weighted by molar-refractivity contribution is 5.85. The fraction of sp³-hybridized carbons (Fsp3) is 0.917. The number of piperidine rings is 1. The summed E-state index contributed by atoms with van der Waals surface area (Å²) in [5.41, 5.74) is 0. The zero-order valence-corrected chi connectivity index (χ0v) is 11.5. The van der Waals surface area contributed by atoms with E-state index >= 15 is 0 Å². The Labute approximate surface area is 105 Å². The first-order valence-electron chi connectivity index (χ1n) is 6.10. The van der Waals surface area contributed by atoms with Crippen LogP contribution in [0.15, 0.2) is 0 Å². The molecule has 3 nitrogen and oxygen atoms in total. The van der Waals surface area contributed by atoms with Crippen molar-refractivity contribution in [2.24, 2.45) is 11.8 Å². The van der Waals surface area contributed by atoms with E-state index in [1.54, 1.807) is 0 Å². The Hall–Kier alpha value is -0.280. The van der Waals surface area contributed by atoms with Crippen LogP contribution in [-0.4, -0.2) is 37.5 Å². The SMILES string of the molecule is CCC(C)CN(C)C(=O)C1CCNCC1.Cl. The normalized spacial score (nSPS) is 18.7. The molecule has 1 atom stereocenters. The fourth-order valence-corrected chi connectivity index (χ4v) is 2.07. The molecule has 1 heterocycles. The largest absolute Gasteiger partial charge is 0.345 e. The molecule has 1 rings (SSSR count). The van der Waals surface area contributed by atoms with Gasteiger partial charge in [-0.3, -0.25) is 4.79 Å². The van der Waals surface area contributed by atoms with E-state index in [1.807, 2.05) is 11.9 Å². The molecule has 0 aromatic heterocycles. The molecule has 0 saturated carbocycles. The third kappa shape index (κ3) is 4.71. The summed E-state index contributed by atoms with van der Waals surface area (Å²) in [6, 6.07) is 0. The number of hydrogen-bond acceptors (Lipinski definition) is 2. The van der Waals surface area contributed by atoms with Crippen LogP contribution >= 0.6 is 12.4 Å². The number of hydrogen-bond donors (Lipinski definition) is 1. The molecule has 1 unspecified atom stereocenters. The number of halogens is 1. The van der Waals surface area contributed by atoms with Gasteiger partial charge in [0, 0.05) is 19.5 Å². The fourth-order valence-electron chi connectivity index (χ4n) is 2.07. The van der Waals surface area contributed by atoms with Crippen molar-refractivity contribution >= 4 is 18.3 Å². The number of nitrogens with zero attached hydrogens (tertiary/aromatic N) is 1. The molecule has 0 aromatic carbocycles. The molecule has 96 valence electrons. The zero-order chi connectivity index (χ0) is 11.3. The average Bonchev–Trinajstić information content (AvgIpc) is 2.29. The van der Waals surface area contributed by atoms with Crippen molar-refractivity contribution in [1.29, 1.82) is 0 Å². The van der Waals surface area contributed by atoms with Crippen molar-refractivity contribution < 1.29 is 4.79 Å². The van der Waals surface area contributed by atoms with Crippen LogP contribution in [0.5, 0.6) is 0 Å². The molecule has 1 fully saturated rings. The molecule has 0 bridgehead atoms. The van der Waals surface area contributed by atoms with Gasteiger partial charge in [-0.25, -0.2) is 0 Å². The molecule has 1 amide bonds. The first kappa shape index (κ1) is 15.7. The van der Waals surface area contributed by atoms with E-state index in [4.69, 9.17) is 0 Å². The second kappa shape index (κ2) is 7.91. The lowest BCUT2D eigenvalue weighted by Gasteiger charge is -2.28. The number of nitrogens with one attached hydrogen (secondary N) is 1. The van der Waals surface area contributed by atoms with Crippen molar-refractivity contribution in [3.63, 3.8) is 0 Å². The van der Waals surface area contributed by atoms with E-state index < -0.39 is 0 Å². The van der Waals surface area contributed by atoms with Crippen LogP contribution in [0.25, 0.3) is 0 Å². The van der Waals surface area contributed by atoms with Gasteiger partial charge < -0.3 is 10.2 Å². The van der Waals surface area contributed by atoms with E-state index in [9.17, 15) is 4.79 Å². The quantitative estimate of drug-likeness (QED) is 0.825. The van der Waals surface area contributed by atoms with Gasteiger partial charge in [0.25, 0.3) is 0 Å². The molecule has 0 aliphatic carbocycles. The Kier molecular flexibility index (Phi) is 7.77. The van der Waals surface area contributed by atoms with E-state index in [0.29, 0.717) is 11.8 Å². The van der Waals surface area contributed by atoms with Crippen LogP contribution in [0.2, 0.25) is 0 Å². The summed E-state index contributed by atoms with van der Waals surface area (Å²) < 4.78 is 0. The molecule has 16 heavy (non-hydrogen) atoms. The molecule has 1 aliphatic heterocycles. The standard InChI is InChI=1S/C12H24N2O.ClH/c1-4-10(2)9-14(3)12(15)11-5-7-13-8-6-11;/h10-11,13H,4-9H2,1-3H3;1H. The lowest BCUT2D eigenvalue weighted by molar-refractivity contribution is -0.135. The Balaban J connectivity index is 0.00000225. The molecule has 0 radical (unpaired) electrons. The van der Waals surface area contributed by atoms with Crippen molar-refractivity contribution in [3.05, 3.63) is 0 Å². The minimum absolute atomic E-state index is 0.